The van der Waals surface area contributed by atoms with Crippen LogP contribution in [0.1, 0.15) is 10.4 Å². The molecule has 0 aromatic heterocycles. The number of amides is 1. The molecule has 17 heavy (non-hydrogen) atoms. The Kier molecular flexibility index (Phi) is 7.55. The summed E-state index contributed by atoms with van der Waals surface area (Å²) in [6.07, 6.45) is 0. The van der Waals surface area contributed by atoms with E-state index in [2.05, 4.69) is 5.32 Å². The van der Waals surface area contributed by atoms with E-state index in [1.807, 2.05) is 19.0 Å². The highest BCUT2D eigenvalue weighted by Crippen LogP contribution is 2.20. The van der Waals surface area contributed by atoms with E-state index in [1.54, 1.807) is 18.2 Å². The monoisotopic (exact) mass is 296 g/mol. The van der Waals surface area contributed by atoms with Crippen LogP contribution in [0.3, 0.4) is 0 Å². The van der Waals surface area contributed by atoms with Crippen LogP contribution < -0.4 is 5.32 Å². The zero-order valence-electron chi connectivity index (χ0n) is 9.67. The van der Waals surface area contributed by atoms with Crippen LogP contribution in [0, 0.1) is 0 Å². The normalized spacial score (nSPS) is 9.94. The Morgan fingerprint density at radius 3 is 2.59 bits per heavy atom. The smallest absolute Gasteiger partial charge is 0.252 e. The summed E-state index contributed by atoms with van der Waals surface area (Å²) in [4.78, 5) is 13.7. The molecule has 0 spiro atoms. The summed E-state index contributed by atoms with van der Waals surface area (Å²) >= 11 is 11.7. The molecule has 0 saturated carbocycles. The lowest BCUT2D eigenvalue weighted by Crippen LogP contribution is -2.31. The van der Waals surface area contributed by atoms with Gasteiger partial charge in [0.2, 0.25) is 0 Å². The highest BCUT2D eigenvalue weighted by atomic mass is 35.5. The molecule has 0 fully saturated rings. The molecule has 0 aliphatic heterocycles. The number of likely N-dealkylation sites (N-methyl/N-ethyl adjacent to an activating group) is 1. The second-order valence-electron chi connectivity index (χ2n) is 3.68. The molecular formula is C11H15Cl3N2O. The van der Waals surface area contributed by atoms with E-state index in [0.717, 1.165) is 6.54 Å². The Morgan fingerprint density at radius 1 is 1.35 bits per heavy atom. The number of halogens is 3. The molecule has 6 heteroatoms. The molecule has 0 unspecified atom stereocenters. The largest absolute Gasteiger partial charge is 0.351 e. The number of carbonyl (C=O) groups excluding carboxylic acids is 1. The van der Waals surface area contributed by atoms with Crippen molar-refractivity contribution in [2.24, 2.45) is 0 Å². The summed E-state index contributed by atoms with van der Waals surface area (Å²) in [6, 6.07) is 4.83. The highest BCUT2D eigenvalue weighted by molar-refractivity contribution is 6.35. The number of hydrogen-bond donors (Lipinski definition) is 1. The molecule has 0 heterocycles. The van der Waals surface area contributed by atoms with Gasteiger partial charge in [-0.2, -0.15) is 0 Å². The van der Waals surface area contributed by atoms with Gasteiger partial charge in [0.1, 0.15) is 0 Å². The van der Waals surface area contributed by atoms with Crippen molar-refractivity contribution in [1.29, 1.82) is 0 Å². The number of nitrogens with one attached hydrogen (secondary N) is 1. The lowest BCUT2D eigenvalue weighted by atomic mass is 10.2. The average molecular weight is 298 g/mol. The van der Waals surface area contributed by atoms with Crippen molar-refractivity contribution in [3.05, 3.63) is 33.8 Å². The maximum atomic E-state index is 11.7. The van der Waals surface area contributed by atoms with Crippen molar-refractivity contribution in [3.63, 3.8) is 0 Å². The van der Waals surface area contributed by atoms with Crippen LogP contribution in [-0.4, -0.2) is 38.0 Å². The first-order valence-electron chi connectivity index (χ1n) is 4.88. The molecule has 96 valence electrons. The lowest BCUT2D eigenvalue weighted by molar-refractivity contribution is 0.0951. The standard InChI is InChI=1S/C11H14Cl2N2O.ClH/c1-15(2)6-5-14-11(16)9-7-8(12)3-4-10(9)13;/h3-4,7H,5-6H2,1-2H3,(H,14,16);1H. The Hall–Kier alpha value is -0.480. The molecule has 0 bridgehead atoms. The summed E-state index contributed by atoms with van der Waals surface area (Å²) in [5, 5.41) is 3.69. The van der Waals surface area contributed by atoms with Gasteiger partial charge >= 0.3 is 0 Å². The summed E-state index contributed by atoms with van der Waals surface area (Å²) in [6.45, 7) is 1.36. The van der Waals surface area contributed by atoms with E-state index >= 15 is 0 Å². The molecule has 0 saturated heterocycles. The molecule has 1 aromatic carbocycles. The minimum absolute atomic E-state index is 0. The van der Waals surface area contributed by atoms with Crippen LogP contribution in [-0.2, 0) is 0 Å². The van der Waals surface area contributed by atoms with Crippen LogP contribution in [0.15, 0.2) is 18.2 Å². The van der Waals surface area contributed by atoms with E-state index in [9.17, 15) is 4.79 Å². The van der Waals surface area contributed by atoms with Crippen molar-refractivity contribution in [2.75, 3.05) is 27.2 Å². The minimum Gasteiger partial charge on any atom is -0.351 e. The van der Waals surface area contributed by atoms with E-state index < -0.39 is 0 Å². The molecule has 0 radical (unpaired) electrons. The maximum absolute atomic E-state index is 11.7. The van der Waals surface area contributed by atoms with Crippen LogP contribution in [0.25, 0.3) is 0 Å². The molecule has 1 N–H and O–H groups in total. The van der Waals surface area contributed by atoms with Gasteiger partial charge in [-0.05, 0) is 32.3 Å². The number of carbonyl (C=O) groups is 1. The lowest BCUT2D eigenvalue weighted by Gasteiger charge is -2.11. The predicted molar refractivity (Wildman–Crippen MR) is 74.6 cm³/mol. The van der Waals surface area contributed by atoms with Crippen LogP contribution in [0.4, 0.5) is 0 Å². The summed E-state index contributed by atoms with van der Waals surface area (Å²) in [5.74, 6) is -0.200. The van der Waals surface area contributed by atoms with Crippen molar-refractivity contribution in [1.82, 2.24) is 10.2 Å². The van der Waals surface area contributed by atoms with Crippen molar-refractivity contribution >= 4 is 41.5 Å². The van der Waals surface area contributed by atoms with Gasteiger partial charge in [-0.25, -0.2) is 0 Å². The van der Waals surface area contributed by atoms with Crippen molar-refractivity contribution < 1.29 is 4.79 Å². The van der Waals surface area contributed by atoms with Crippen molar-refractivity contribution in [2.45, 2.75) is 0 Å². The second-order valence-corrected chi connectivity index (χ2v) is 4.53. The fraction of sp³-hybridized carbons (Fsp3) is 0.364. The number of rotatable bonds is 4. The zero-order valence-corrected chi connectivity index (χ0v) is 12.0. The number of nitrogens with zero attached hydrogens (tertiary/aromatic N) is 1. The zero-order chi connectivity index (χ0) is 12.1. The third-order valence-electron chi connectivity index (χ3n) is 2.02. The van der Waals surface area contributed by atoms with Gasteiger partial charge in [-0.1, -0.05) is 23.2 Å². The minimum atomic E-state index is -0.200. The summed E-state index contributed by atoms with van der Waals surface area (Å²) in [5.41, 5.74) is 0.410. The van der Waals surface area contributed by atoms with E-state index in [-0.39, 0.29) is 18.3 Å². The Labute approximate surface area is 117 Å². The fourth-order valence-electron chi connectivity index (χ4n) is 1.16. The maximum Gasteiger partial charge on any atom is 0.252 e. The van der Waals surface area contributed by atoms with Gasteiger partial charge < -0.3 is 10.2 Å². The molecule has 1 amide bonds. The molecule has 1 aromatic rings. The topological polar surface area (TPSA) is 32.3 Å². The van der Waals surface area contributed by atoms with E-state index in [4.69, 9.17) is 23.2 Å². The van der Waals surface area contributed by atoms with Crippen LogP contribution in [0.2, 0.25) is 10.0 Å². The summed E-state index contributed by atoms with van der Waals surface area (Å²) in [7, 11) is 3.89. The first-order valence-corrected chi connectivity index (χ1v) is 5.64. The first kappa shape index (κ1) is 16.5. The van der Waals surface area contributed by atoms with Crippen LogP contribution >= 0.6 is 35.6 Å². The van der Waals surface area contributed by atoms with Crippen molar-refractivity contribution in [3.8, 4) is 0 Å². The molecule has 3 nitrogen and oxygen atoms in total. The molecular weight excluding hydrogens is 282 g/mol. The first-order chi connectivity index (χ1) is 7.50. The highest BCUT2D eigenvalue weighted by Gasteiger charge is 2.10. The summed E-state index contributed by atoms with van der Waals surface area (Å²) < 4.78 is 0. The Morgan fingerprint density at radius 2 is 2.00 bits per heavy atom. The Bertz CT molecular complexity index is 383. The molecule has 1 rings (SSSR count). The Balaban J connectivity index is 0.00000256. The fourth-order valence-corrected chi connectivity index (χ4v) is 1.54. The van der Waals surface area contributed by atoms with Crippen LogP contribution in [0.5, 0.6) is 0 Å². The number of hydrogen-bond acceptors (Lipinski definition) is 2. The van der Waals surface area contributed by atoms with Gasteiger partial charge in [0.05, 0.1) is 10.6 Å². The third kappa shape index (κ3) is 5.59. The van der Waals surface area contributed by atoms with Gasteiger partial charge in [-0.15, -0.1) is 12.4 Å². The molecule has 0 atom stereocenters. The van der Waals surface area contributed by atoms with Gasteiger partial charge in [-0.3, -0.25) is 4.79 Å². The van der Waals surface area contributed by atoms with E-state index in [0.29, 0.717) is 22.2 Å². The second kappa shape index (κ2) is 7.77. The third-order valence-corrected chi connectivity index (χ3v) is 2.58. The quantitative estimate of drug-likeness (QED) is 0.927. The SMILES string of the molecule is CN(C)CCNC(=O)c1cc(Cl)ccc1Cl.Cl. The van der Waals surface area contributed by atoms with Gasteiger partial charge in [0, 0.05) is 18.1 Å². The van der Waals surface area contributed by atoms with Gasteiger partial charge in [0.25, 0.3) is 5.91 Å². The van der Waals surface area contributed by atoms with E-state index in [1.165, 1.54) is 0 Å². The predicted octanol–water partition coefficient (Wildman–Crippen LogP) is 2.71. The number of benzene rings is 1. The molecule has 0 aliphatic carbocycles. The van der Waals surface area contributed by atoms with Gasteiger partial charge in [0.15, 0.2) is 0 Å². The average Bonchev–Trinajstić information content (AvgIpc) is 2.21. The molecule has 0 aliphatic rings.